The molecular weight excluding hydrogens is 304 g/mol. The molecule has 2 aliphatic rings. The van der Waals surface area contributed by atoms with Crippen molar-refractivity contribution < 1.29 is 14.3 Å². The molecule has 3 rings (SSSR count). The number of carbonyl (C=O) groups excluding carboxylic acids is 1. The maximum Gasteiger partial charge on any atom is 0.253 e. The SMILES string of the molecule is CCOC1CCN(C(=O)[C@@H]2CN(Cc3ccccc3)CCO2)CC1. The van der Waals surface area contributed by atoms with Crippen LogP contribution in [-0.4, -0.2) is 67.3 Å². The van der Waals surface area contributed by atoms with E-state index in [4.69, 9.17) is 9.47 Å². The highest BCUT2D eigenvalue weighted by atomic mass is 16.5. The van der Waals surface area contributed by atoms with Crippen LogP contribution in [0, 0.1) is 0 Å². The molecular formula is C19H28N2O3. The lowest BCUT2D eigenvalue weighted by molar-refractivity contribution is -0.152. The van der Waals surface area contributed by atoms with Crippen LogP contribution in [0.2, 0.25) is 0 Å². The molecule has 0 saturated carbocycles. The van der Waals surface area contributed by atoms with Gasteiger partial charge in [-0.05, 0) is 25.3 Å². The van der Waals surface area contributed by atoms with Crippen molar-refractivity contribution in [2.75, 3.05) is 39.4 Å². The number of carbonyl (C=O) groups is 1. The van der Waals surface area contributed by atoms with Gasteiger partial charge in [0.25, 0.3) is 5.91 Å². The standard InChI is InChI=1S/C19H28N2O3/c1-2-23-17-8-10-21(11-9-17)19(22)18-15-20(12-13-24-18)14-16-6-4-3-5-7-16/h3-7,17-18H,2,8-15H2,1H3/t18-/m0/s1. The van der Waals surface area contributed by atoms with Crippen molar-refractivity contribution >= 4 is 5.91 Å². The summed E-state index contributed by atoms with van der Waals surface area (Å²) in [6.07, 6.45) is 1.84. The second-order valence-electron chi connectivity index (χ2n) is 6.56. The Kier molecular flexibility index (Phi) is 6.24. The highest BCUT2D eigenvalue weighted by Crippen LogP contribution is 2.17. The Balaban J connectivity index is 1.50. The molecule has 0 spiro atoms. The average molecular weight is 332 g/mol. The number of hydrogen-bond donors (Lipinski definition) is 0. The Morgan fingerprint density at radius 1 is 1.21 bits per heavy atom. The average Bonchev–Trinajstić information content (AvgIpc) is 2.63. The molecule has 1 amide bonds. The summed E-state index contributed by atoms with van der Waals surface area (Å²) in [7, 11) is 0. The zero-order chi connectivity index (χ0) is 16.8. The molecule has 2 fully saturated rings. The third-order valence-electron chi connectivity index (χ3n) is 4.83. The maximum absolute atomic E-state index is 12.7. The summed E-state index contributed by atoms with van der Waals surface area (Å²) >= 11 is 0. The number of nitrogens with zero attached hydrogens (tertiary/aromatic N) is 2. The first-order valence-electron chi connectivity index (χ1n) is 9.04. The molecule has 0 N–H and O–H groups in total. The summed E-state index contributed by atoms with van der Waals surface area (Å²) < 4.78 is 11.4. The lowest BCUT2D eigenvalue weighted by Crippen LogP contribution is -2.52. The third-order valence-corrected chi connectivity index (χ3v) is 4.83. The van der Waals surface area contributed by atoms with Gasteiger partial charge in [0, 0.05) is 39.3 Å². The molecule has 24 heavy (non-hydrogen) atoms. The van der Waals surface area contributed by atoms with E-state index in [-0.39, 0.29) is 12.0 Å². The molecule has 5 nitrogen and oxygen atoms in total. The van der Waals surface area contributed by atoms with Gasteiger partial charge in [0.05, 0.1) is 12.7 Å². The van der Waals surface area contributed by atoms with Crippen molar-refractivity contribution in [1.82, 2.24) is 9.80 Å². The smallest absolute Gasteiger partial charge is 0.253 e. The van der Waals surface area contributed by atoms with Crippen molar-refractivity contribution in [3.8, 4) is 0 Å². The topological polar surface area (TPSA) is 42.0 Å². The van der Waals surface area contributed by atoms with Gasteiger partial charge in [-0.2, -0.15) is 0 Å². The number of ether oxygens (including phenoxy) is 2. The van der Waals surface area contributed by atoms with Crippen molar-refractivity contribution in [2.24, 2.45) is 0 Å². The van der Waals surface area contributed by atoms with E-state index in [0.717, 1.165) is 45.6 Å². The maximum atomic E-state index is 12.7. The van der Waals surface area contributed by atoms with Gasteiger partial charge >= 0.3 is 0 Å². The Hall–Kier alpha value is -1.43. The van der Waals surface area contributed by atoms with Crippen LogP contribution in [-0.2, 0) is 20.8 Å². The summed E-state index contributed by atoms with van der Waals surface area (Å²) in [5.74, 6) is 0.141. The molecule has 5 heteroatoms. The third kappa shape index (κ3) is 4.56. The predicted octanol–water partition coefficient (Wildman–Crippen LogP) is 1.91. The summed E-state index contributed by atoms with van der Waals surface area (Å²) in [6.45, 7) is 7.39. The first-order valence-corrected chi connectivity index (χ1v) is 9.04. The number of rotatable bonds is 5. The largest absolute Gasteiger partial charge is 0.378 e. The van der Waals surface area contributed by atoms with E-state index in [0.29, 0.717) is 19.3 Å². The normalized spacial score (nSPS) is 23.4. The molecule has 2 aliphatic heterocycles. The second-order valence-corrected chi connectivity index (χ2v) is 6.56. The highest BCUT2D eigenvalue weighted by molar-refractivity contribution is 5.81. The number of benzene rings is 1. The summed E-state index contributed by atoms with van der Waals surface area (Å²) in [6, 6.07) is 10.4. The van der Waals surface area contributed by atoms with Gasteiger partial charge in [-0.1, -0.05) is 30.3 Å². The number of piperidine rings is 1. The Morgan fingerprint density at radius 3 is 2.67 bits per heavy atom. The van der Waals surface area contributed by atoms with E-state index >= 15 is 0 Å². The Bertz CT molecular complexity index is 515. The minimum atomic E-state index is -0.328. The van der Waals surface area contributed by atoms with Crippen molar-refractivity contribution in [2.45, 2.75) is 38.5 Å². The van der Waals surface area contributed by atoms with Crippen LogP contribution in [0.4, 0.5) is 0 Å². The molecule has 0 aromatic heterocycles. The zero-order valence-corrected chi connectivity index (χ0v) is 14.5. The molecule has 0 unspecified atom stereocenters. The van der Waals surface area contributed by atoms with Crippen molar-refractivity contribution in [3.05, 3.63) is 35.9 Å². The zero-order valence-electron chi connectivity index (χ0n) is 14.5. The molecule has 2 saturated heterocycles. The van der Waals surface area contributed by atoms with Crippen LogP contribution in [0.5, 0.6) is 0 Å². The number of amides is 1. The number of hydrogen-bond acceptors (Lipinski definition) is 4. The summed E-state index contributed by atoms with van der Waals surface area (Å²) in [5, 5.41) is 0. The summed E-state index contributed by atoms with van der Waals surface area (Å²) in [4.78, 5) is 17.0. The van der Waals surface area contributed by atoms with Crippen LogP contribution in [0.3, 0.4) is 0 Å². The van der Waals surface area contributed by atoms with Gasteiger partial charge in [-0.3, -0.25) is 9.69 Å². The van der Waals surface area contributed by atoms with Crippen molar-refractivity contribution in [1.29, 1.82) is 0 Å². The molecule has 1 aromatic carbocycles. The minimum Gasteiger partial charge on any atom is -0.378 e. The van der Waals surface area contributed by atoms with E-state index in [1.54, 1.807) is 0 Å². The molecule has 1 aromatic rings. The van der Waals surface area contributed by atoms with Gasteiger partial charge in [0.2, 0.25) is 0 Å². The summed E-state index contributed by atoms with van der Waals surface area (Å²) in [5.41, 5.74) is 1.28. The fourth-order valence-corrected chi connectivity index (χ4v) is 3.52. The van der Waals surface area contributed by atoms with Crippen LogP contribution in [0.1, 0.15) is 25.3 Å². The molecule has 0 radical (unpaired) electrons. The van der Waals surface area contributed by atoms with Gasteiger partial charge < -0.3 is 14.4 Å². The van der Waals surface area contributed by atoms with Crippen LogP contribution >= 0.6 is 0 Å². The second kappa shape index (κ2) is 8.60. The molecule has 132 valence electrons. The fourth-order valence-electron chi connectivity index (χ4n) is 3.52. The van der Waals surface area contributed by atoms with Crippen LogP contribution in [0.25, 0.3) is 0 Å². The first kappa shape index (κ1) is 17.4. The van der Waals surface area contributed by atoms with Gasteiger partial charge in [0.15, 0.2) is 0 Å². The molecule has 2 heterocycles. The van der Waals surface area contributed by atoms with E-state index in [9.17, 15) is 4.79 Å². The van der Waals surface area contributed by atoms with Gasteiger partial charge in [-0.15, -0.1) is 0 Å². The van der Waals surface area contributed by atoms with E-state index in [1.807, 2.05) is 17.9 Å². The van der Waals surface area contributed by atoms with Gasteiger partial charge in [-0.25, -0.2) is 0 Å². The molecule has 1 atom stereocenters. The predicted molar refractivity (Wildman–Crippen MR) is 92.7 cm³/mol. The Labute approximate surface area is 144 Å². The lowest BCUT2D eigenvalue weighted by Gasteiger charge is -2.37. The quantitative estimate of drug-likeness (QED) is 0.826. The first-order chi connectivity index (χ1) is 11.8. The Morgan fingerprint density at radius 2 is 1.96 bits per heavy atom. The number of morpholine rings is 1. The van der Waals surface area contributed by atoms with Crippen LogP contribution < -0.4 is 0 Å². The number of likely N-dealkylation sites (tertiary alicyclic amines) is 1. The monoisotopic (exact) mass is 332 g/mol. The lowest BCUT2D eigenvalue weighted by atomic mass is 10.1. The minimum absolute atomic E-state index is 0.141. The van der Waals surface area contributed by atoms with Gasteiger partial charge in [0.1, 0.15) is 6.10 Å². The molecule has 0 bridgehead atoms. The van der Waals surface area contributed by atoms with E-state index in [2.05, 4.69) is 29.2 Å². The van der Waals surface area contributed by atoms with Crippen LogP contribution in [0.15, 0.2) is 30.3 Å². The fraction of sp³-hybridized carbons (Fsp3) is 0.632. The molecule has 0 aliphatic carbocycles. The highest BCUT2D eigenvalue weighted by Gasteiger charge is 2.32. The van der Waals surface area contributed by atoms with E-state index in [1.165, 1.54) is 5.56 Å². The van der Waals surface area contributed by atoms with E-state index < -0.39 is 0 Å². The van der Waals surface area contributed by atoms with Crippen molar-refractivity contribution in [3.63, 3.8) is 0 Å².